The van der Waals surface area contributed by atoms with Gasteiger partial charge in [0.25, 0.3) is 0 Å². The summed E-state index contributed by atoms with van der Waals surface area (Å²) in [5, 5.41) is 0. The number of likely N-dealkylation sites (tertiary alicyclic amines) is 1. The van der Waals surface area contributed by atoms with Gasteiger partial charge in [0.15, 0.2) is 12.2 Å². The van der Waals surface area contributed by atoms with Gasteiger partial charge in [-0.1, -0.05) is 0 Å². The fourth-order valence-corrected chi connectivity index (χ4v) is 1.97. The van der Waals surface area contributed by atoms with Crippen LogP contribution in [0.5, 0.6) is 0 Å². The number of ketones is 1. The summed E-state index contributed by atoms with van der Waals surface area (Å²) in [6.45, 7) is 3.62. The van der Waals surface area contributed by atoms with E-state index >= 15 is 0 Å². The summed E-state index contributed by atoms with van der Waals surface area (Å²) in [4.78, 5) is 25.1. The fraction of sp³-hybridized carbons (Fsp3) is 0.636. The van der Waals surface area contributed by atoms with Crippen LogP contribution in [0.4, 0.5) is 0 Å². The summed E-state index contributed by atoms with van der Waals surface area (Å²) in [6, 6.07) is 0. The van der Waals surface area contributed by atoms with Crippen LogP contribution in [-0.4, -0.2) is 43.0 Å². The van der Waals surface area contributed by atoms with Gasteiger partial charge < -0.3 is 14.4 Å². The summed E-state index contributed by atoms with van der Waals surface area (Å²) < 4.78 is 10.1. The molecule has 0 aromatic heterocycles. The maximum absolute atomic E-state index is 11.6. The molecule has 5 heteroatoms. The molecule has 0 atom stereocenters. The number of hydrogen-bond donors (Lipinski definition) is 0. The molecule has 2 aliphatic heterocycles. The minimum Gasteiger partial charge on any atom is -0.470 e. The molecule has 16 heavy (non-hydrogen) atoms. The Bertz CT molecular complexity index is 342. The first-order valence-corrected chi connectivity index (χ1v) is 5.56. The molecule has 0 radical (unpaired) electrons. The van der Waals surface area contributed by atoms with Gasteiger partial charge in [-0.3, -0.25) is 4.79 Å². The van der Waals surface area contributed by atoms with Crippen LogP contribution in [0.3, 0.4) is 0 Å². The van der Waals surface area contributed by atoms with E-state index in [1.165, 1.54) is 0 Å². The van der Waals surface area contributed by atoms with Crippen LogP contribution < -0.4 is 0 Å². The molecule has 0 amide bonds. The SMILES string of the molecule is CCOC(=O)C1=C(N2CCCC2)OCC1=O. The lowest BCUT2D eigenvalue weighted by atomic mass is 10.2. The second-order valence-corrected chi connectivity index (χ2v) is 3.81. The zero-order chi connectivity index (χ0) is 11.5. The van der Waals surface area contributed by atoms with Crippen molar-refractivity contribution in [2.24, 2.45) is 0 Å². The lowest BCUT2D eigenvalue weighted by Crippen LogP contribution is -2.23. The van der Waals surface area contributed by atoms with E-state index in [4.69, 9.17) is 9.47 Å². The van der Waals surface area contributed by atoms with Gasteiger partial charge in [0.1, 0.15) is 0 Å². The Kier molecular flexibility index (Phi) is 3.12. The molecular formula is C11H15NO4. The van der Waals surface area contributed by atoms with Crippen molar-refractivity contribution < 1.29 is 19.1 Å². The van der Waals surface area contributed by atoms with Crippen molar-refractivity contribution >= 4 is 11.8 Å². The monoisotopic (exact) mass is 225 g/mol. The van der Waals surface area contributed by atoms with Gasteiger partial charge >= 0.3 is 5.97 Å². The Morgan fingerprint density at radius 3 is 2.75 bits per heavy atom. The van der Waals surface area contributed by atoms with E-state index in [1.807, 2.05) is 4.90 Å². The van der Waals surface area contributed by atoms with Crippen molar-refractivity contribution in [3.8, 4) is 0 Å². The quantitative estimate of drug-likeness (QED) is 0.516. The molecule has 88 valence electrons. The fourth-order valence-electron chi connectivity index (χ4n) is 1.97. The molecule has 0 N–H and O–H groups in total. The zero-order valence-corrected chi connectivity index (χ0v) is 9.32. The Labute approximate surface area is 94.0 Å². The van der Waals surface area contributed by atoms with Gasteiger partial charge in [0.2, 0.25) is 11.7 Å². The summed E-state index contributed by atoms with van der Waals surface area (Å²) in [5.41, 5.74) is 0.0868. The number of carbonyl (C=O) groups excluding carboxylic acids is 2. The minimum atomic E-state index is -0.563. The van der Waals surface area contributed by atoms with Gasteiger partial charge in [-0.05, 0) is 19.8 Å². The molecule has 1 fully saturated rings. The molecule has 0 unspecified atom stereocenters. The minimum absolute atomic E-state index is 0.0417. The van der Waals surface area contributed by atoms with Crippen LogP contribution in [0.1, 0.15) is 19.8 Å². The molecule has 2 heterocycles. The Morgan fingerprint density at radius 1 is 1.44 bits per heavy atom. The number of ether oxygens (including phenoxy) is 2. The number of esters is 1. The molecule has 0 aromatic carbocycles. The second-order valence-electron chi connectivity index (χ2n) is 3.81. The molecule has 0 saturated carbocycles. The largest absolute Gasteiger partial charge is 0.470 e. The van der Waals surface area contributed by atoms with E-state index in [0.29, 0.717) is 5.88 Å². The van der Waals surface area contributed by atoms with E-state index < -0.39 is 5.97 Å². The average molecular weight is 225 g/mol. The summed E-state index contributed by atoms with van der Waals surface area (Å²) >= 11 is 0. The maximum Gasteiger partial charge on any atom is 0.347 e. The van der Waals surface area contributed by atoms with Crippen LogP contribution in [0.25, 0.3) is 0 Å². The predicted octanol–water partition coefficient (Wildman–Crippen LogP) is 0.456. The lowest BCUT2D eigenvalue weighted by molar-refractivity contribution is -0.139. The smallest absolute Gasteiger partial charge is 0.347 e. The summed E-state index contributed by atoms with van der Waals surface area (Å²) in [5.74, 6) is -0.423. The standard InChI is InChI=1S/C11H15NO4/c1-2-15-11(14)9-8(13)7-16-10(9)12-5-3-4-6-12/h2-7H2,1H3. The van der Waals surface area contributed by atoms with Gasteiger partial charge in [0.05, 0.1) is 6.61 Å². The van der Waals surface area contributed by atoms with Crippen LogP contribution >= 0.6 is 0 Å². The van der Waals surface area contributed by atoms with Gasteiger partial charge in [-0.15, -0.1) is 0 Å². The van der Waals surface area contributed by atoms with E-state index in [0.717, 1.165) is 25.9 Å². The van der Waals surface area contributed by atoms with E-state index in [9.17, 15) is 9.59 Å². The number of carbonyl (C=O) groups is 2. The third-order valence-electron chi connectivity index (χ3n) is 2.71. The maximum atomic E-state index is 11.6. The van der Waals surface area contributed by atoms with Crippen LogP contribution in [0.15, 0.2) is 11.5 Å². The number of hydrogen-bond acceptors (Lipinski definition) is 5. The number of Topliss-reactive ketones (excluding diaryl/α,β-unsaturated/α-hetero) is 1. The van der Waals surface area contributed by atoms with Crippen molar-refractivity contribution in [3.63, 3.8) is 0 Å². The molecule has 2 aliphatic rings. The highest BCUT2D eigenvalue weighted by molar-refractivity contribution is 6.19. The van der Waals surface area contributed by atoms with E-state index in [1.54, 1.807) is 6.92 Å². The first-order chi connectivity index (χ1) is 7.74. The Balaban J connectivity index is 2.22. The molecule has 0 bridgehead atoms. The zero-order valence-electron chi connectivity index (χ0n) is 9.32. The summed E-state index contributed by atoms with van der Waals surface area (Å²) in [7, 11) is 0. The normalized spacial score (nSPS) is 20.3. The second kappa shape index (κ2) is 4.55. The van der Waals surface area contributed by atoms with Gasteiger partial charge in [0, 0.05) is 13.1 Å². The van der Waals surface area contributed by atoms with E-state index in [2.05, 4.69) is 0 Å². The molecule has 0 spiro atoms. The lowest BCUT2D eigenvalue weighted by Gasteiger charge is -2.18. The number of nitrogens with zero attached hydrogens (tertiary/aromatic N) is 1. The third kappa shape index (κ3) is 1.89. The van der Waals surface area contributed by atoms with Gasteiger partial charge in [-0.2, -0.15) is 0 Å². The predicted molar refractivity (Wildman–Crippen MR) is 55.4 cm³/mol. The van der Waals surface area contributed by atoms with Gasteiger partial charge in [-0.25, -0.2) is 4.79 Å². The first-order valence-electron chi connectivity index (χ1n) is 5.56. The average Bonchev–Trinajstić information content (AvgIpc) is 2.86. The Morgan fingerprint density at radius 2 is 2.12 bits per heavy atom. The van der Waals surface area contributed by atoms with Crippen molar-refractivity contribution in [2.75, 3.05) is 26.3 Å². The summed E-state index contributed by atoms with van der Waals surface area (Å²) in [6.07, 6.45) is 2.13. The molecule has 5 nitrogen and oxygen atoms in total. The third-order valence-corrected chi connectivity index (χ3v) is 2.71. The highest BCUT2D eigenvalue weighted by Gasteiger charge is 2.35. The topological polar surface area (TPSA) is 55.8 Å². The van der Waals surface area contributed by atoms with Crippen LogP contribution in [-0.2, 0) is 19.1 Å². The van der Waals surface area contributed by atoms with Crippen molar-refractivity contribution in [3.05, 3.63) is 11.5 Å². The van der Waals surface area contributed by atoms with Crippen LogP contribution in [0, 0.1) is 0 Å². The highest BCUT2D eigenvalue weighted by atomic mass is 16.5. The molecule has 1 saturated heterocycles. The highest BCUT2D eigenvalue weighted by Crippen LogP contribution is 2.24. The van der Waals surface area contributed by atoms with E-state index in [-0.39, 0.29) is 24.6 Å². The van der Waals surface area contributed by atoms with Crippen molar-refractivity contribution in [2.45, 2.75) is 19.8 Å². The van der Waals surface area contributed by atoms with Crippen LogP contribution in [0.2, 0.25) is 0 Å². The molecule has 2 rings (SSSR count). The first kappa shape index (κ1) is 11.0. The van der Waals surface area contributed by atoms with Crippen molar-refractivity contribution in [1.29, 1.82) is 0 Å². The Hall–Kier alpha value is -1.52. The number of rotatable bonds is 3. The molecule has 0 aromatic rings. The van der Waals surface area contributed by atoms with Crippen molar-refractivity contribution in [1.82, 2.24) is 4.90 Å². The molecule has 0 aliphatic carbocycles. The molecular weight excluding hydrogens is 210 g/mol.